The van der Waals surface area contributed by atoms with E-state index in [0.717, 1.165) is 12.2 Å². The van der Waals surface area contributed by atoms with Crippen LogP contribution in [0.3, 0.4) is 0 Å². The van der Waals surface area contributed by atoms with Crippen LogP contribution in [0.25, 0.3) is 0 Å². The van der Waals surface area contributed by atoms with E-state index in [1.807, 2.05) is 18.2 Å². The quantitative estimate of drug-likeness (QED) is 0.812. The van der Waals surface area contributed by atoms with Crippen LogP contribution in [0.1, 0.15) is 29.5 Å². The van der Waals surface area contributed by atoms with Crippen molar-refractivity contribution in [2.75, 3.05) is 0 Å². The third-order valence-corrected chi connectivity index (χ3v) is 5.03. The van der Waals surface area contributed by atoms with E-state index in [0.29, 0.717) is 28.6 Å². The molecule has 2 aromatic rings. The van der Waals surface area contributed by atoms with Crippen LogP contribution in [0.4, 0.5) is 4.39 Å². The maximum atomic E-state index is 13.7. The van der Waals surface area contributed by atoms with Gasteiger partial charge in [-0.25, -0.2) is 4.39 Å². The molecule has 1 fully saturated rings. The van der Waals surface area contributed by atoms with Gasteiger partial charge in [0.15, 0.2) is 0 Å². The summed E-state index contributed by atoms with van der Waals surface area (Å²) in [5.74, 6) is 1.81. The molecule has 2 aromatic carbocycles. The van der Waals surface area contributed by atoms with Gasteiger partial charge < -0.3 is 4.74 Å². The number of carbonyl (C=O) groups is 1. The van der Waals surface area contributed by atoms with Crippen LogP contribution < -0.4 is 10.2 Å². The van der Waals surface area contributed by atoms with Gasteiger partial charge in [0.2, 0.25) is 0 Å². The van der Waals surface area contributed by atoms with Crippen LogP contribution in [0, 0.1) is 17.7 Å². The molecule has 0 saturated heterocycles. The molecule has 4 heteroatoms. The number of ether oxygens (including phenoxy) is 1. The van der Waals surface area contributed by atoms with Gasteiger partial charge >= 0.3 is 0 Å². The van der Waals surface area contributed by atoms with E-state index >= 15 is 0 Å². The highest BCUT2D eigenvalue weighted by Gasteiger charge is 2.57. The first kappa shape index (κ1) is 14.5. The minimum absolute atomic E-state index is 0.151. The second-order valence-corrected chi connectivity index (χ2v) is 6.53. The van der Waals surface area contributed by atoms with Crippen molar-refractivity contribution < 1.29 is 13.9 Å². The molecule has 0 aromatic heterocycles. The highest BCUT2D eigenvalue weighted by atomic mass is 19.1. The van der Waals surface area contributed by atoms with E-state index < -0.39 is 0 Å². The summed E-state index contributed by atoms with van der Waals surface area (Å²) in [5.41, 5.74) is 3.50. The average molecular weight is 306 g/mol. The summed E-state index contributed by atoms with van der Waals surface area (Å²) in [4.78, 5) is 11.5. The fraction of sp³-hybridized carbons (Fsp3) is 0.316. The van der Waals surface area contributed by atoms with E-state index in [4.69, 9.17) is 12.6 Å². The predicted octanol–water partition coefficient (Wildman–Crippen LogP) is 2.67. The molecule has 0 amide bonds. The van der Waals surface area contributed by atoms with Crippen LogP contribution in [0.5, 0.6) is 5.75 Å². The Labute approximate surface area is 136 Å². The molecular formula is C19H16BFO2. The van der Waals surface area contributed by atoms with Crippen LogP contribution in [0.2, 0.25) is 0 Å². The van der Waals surface area contributed by atoms with Gasteiger partial charge in [-0.15, -0.1) is 0 Å². The number of halogens is 1. The minimum atomic E-state index is -0.314. The van der Waals surface area contributed by atoms with Gasteiger partial charge in [-0.3, -0.25) is 4.79 Å². The zero-order chi connectivity index (χ0) is 16.1. The lowest BCUT2D eigenvalue weighted by Gasteiger charge is -2.11. The number of Topliss-reactive ketones (excluding diaryl/α,β-unsaturated/α-hetero) is 1. The highest BCUT2D eigenvalue weighted by molar-refractivity contribution is 6.32. The molecule has 2 radical (unpaired) electrons. The number of rotatable bonds is 4. The first-order valence-electron chi connectivity index (χ1n) is 7.84. The predicted molar refractivity (Wildman–Crippen MR) is 86.7 cm³/mol. The number of hydrogen-bond acceptors (Lipinski definition) is 2. The van der Waals surface area contributed by atoms with Crippen molar-refractivity contribution in [3.05, 3.63) is 58.9 Å². The van der Waals surface area contributed by atoms with E-state index in [2.05, 4.69) is 0 Å². The van der Waals surface area contributed by atoms with Crippen LogP contribution in [-0.4, -0.2) is 13.6 Å². The summed E-state index contributed by atoms with van der Waals surface area (Å²) in [7, 11) is 5.68. The topological polar surface area (TPSA) is 26.3 Å². The minimum Gasteiger partial charge on any atom is -0.489 e. The smallest absolute Gasteiger partial charge is 0.133 e. The van der Waals surface area contributed by atoms with Gasteiger partial charge in [-0.05, 0) is 54.5 Å². The molecule has 0 N–H and O–H groups in total. The fourth-order valence-electron chi connectivity index (χ4n) is 3.90. The van der Waals surface area contributed by atoms with E-state index in [1.165, 1.54) is 23.3 Å². The number of carbonyl (C=O) groups excluding carboxylic acids is 1. The molecule has 3 atom stereocenters. The van der Waals surface area contributed by atoms with Crippen molar-refractivity contribution in [3.8, 4) is 5.75 Å². The lowest BCUT2D eigenvalue weighted by Crippen LogP contribution is -2.07. The Morgan fingerprint density at radius 1 is 1.30 bits per heavy atom. The number of fused-ring (bicyclic) bond motifs is 3. The standard InChI is InChI=1S/C19H16BFO2/c1-10(22)18-16-8-11-7-14(3-4-15(11)19(16)18)23-9-12-6-13(20)2-5-17(12)21/h2-7,16,18-19H,8-9H2,1H3/t16-,18-,19-/m0/s1. The molecule has 0 unspecified atom stereocenters. The Hall–Kier alpha value is -2.10. The lowest BCUT2D eigenvalue weighted by molar-refractivity contribution is -0.118. The van der Waals surface area contributed by atoms with E-state index in [1.54, 1.807) is 13.0 Å². The van der Waals surface area contributed by atoms with Gasteiger partial charge in [-0.1, -0.05) is 23.7 Å². The fourth-order valence-corrected chi connectivity index (χ4v) is 3.90. The van der Waals surface area contributed by atoms with Crippen molar-refractivity contribution in [1.82, 2.24) is 0 Å². The summed E-state index contributed by atoms with van der Waals surface area (Å²) >= 11 is 0. The SMILES string of the molecule is [B]c1ccc(F)c(COc2ccc3c(c2)C[C@H]2[C@H](C(C)=O)[C@@H]32)c1. The third-order valence-electron chi connectivity index (χ3n) is 5.03. The van der Waals surface area contributed by atoms with Crippen molar-refractivity contribution in [3.63, 3.8) is 0 Å². The number of hydrogen-bond donors (Lipinski definition) is 0. The average Bonchev–Trinajstić information content (AvgIpc) is 3.11. The van der Waals surface area contributed by atoms with Gasteiger partial charge in [0.25, 0.3) is 0 Å². The second kappa shape index (κ2) is 5.22. The zero-order valence-corrected chi connectivity index (χ0v) is 12.9. The maximum Gasteiger partial charge on any atom is 0.133 e. The van der Waals surface area contributed by atoms with Crippen molar-refractivity contribution in [1.29, 1.82) is 0 Å². The molecule has 0 heterocycles. The summed E-state index contributed by atoms with van der Waals surface area (Å²) in [5, 5.41) is 0. The molecule has 2 aliphatic carbocycles. The molecule has 23 heavy (non-hydrogen) atoms. The van der Waals surface area contributed by atoms with Crippen molar-refractivity contribution in [2.45, 2.75) is 25.9 Å². The summed E-state index contributed by atoms with van der Waals surface area (Å²) < 4.78 is 19.4. The number of ketones is 1. The molecule has 0 aliphatic heterocycles. The van der Waals surface area contributed by atoms with Gasteiger partial charge in [-0.2, -0.15) is 0 Å². The lowest BCUT2D eigenvalue weighted by atomic mass is 9.94. The van der Waals surface area contributed by atoms with Gasteiger partial charge in [0.05, 0.1) is 0 Å². The van der Waals surface area contributed by atoms with Crippen LogP contribution in [0.15, 0.2) is 36.4 Å². The largest absolute Gasteiger partial charge is 0.489 e. The monoisotopic (exact) mass is 306 g/mol. The van der Waals surface area contributed by atoms with Crippen LogP contribution >= 0.6 is 0 Å². The molecule has 2 aliphatic rings. The molecule has 114 valence electrons. The highest BCUT2D eigenvalue weighted by Crippen LogP contribution is 2.61. The summed E-state index contributed by atoms with van der Waals surface area (Å²) in [6.07, 6.45) is 0.939. The summed E-state index contributed by atoms with van der Waals surface area (Å²) in [6.45, 7) is 1.83. The number of benzene rings is 2. The molecule has 2 nitrogen and oxygen atoms in total. The Bertz CT molecular complexity index is 802. The first-order valence-corrected chi connectivity index (χ1v) is 7.84. The van der Waals surface area contributed by atoms with E-state index in [9.17, 15) is 9.18 Å². The maximum absolute atomic E-state index is 13.7. The zero-order valence-electron chi connectivity index (χ0n) is 12.9. The van der Waals surface area contributed by atoms with Crippen molar-refractivity contribution >= 4 is 19.1 Å². The molecule has 0 spiro atoms. The van der Waals surface area contributed by atoms with E-state index in [-0.39, 0.29) is 18.3 Å². The second-order valence-electron chi connectivity index (χ2n) is 6.53. The molecular weight excluding hydrogens is 290 g/mol. The molecule has 1 saturated carbocycles. The van der Waals surface area contributed by atoms with Crippen LogP contribution in [-0.2, 0) is 17.8 Å². The molecule has 0 bridgehead atoms. The summed E-state index contributed by atoms with van der Waals surface area (Å²) in [6, 6.07) is 10.4. The Morgan fingerprint density at radius 2 is 2.13 bits per heavy atom. The van der Waals surface area contributed by atoms with Crippen molar-refractivity contribution in [2.24, 2.45) is 11.8 Å². The van der Waals surface area contributed by atoms with Gasteiger partial charge in [0.1, 0.15) is 31.8 Å². The Kier molecular flexibility index (Phi) is 3.29. The Morgan fingerprint density at radius 3 is 2.91 bits per heavy atom. The first-order chi connectivity index (χ1) is 11.0. The normalized spacial score (nSPS) is 24.0. The Balaban J connectivity index is 1.48. The molecule has 4 rings (SSSR count). The van der Waals surface area contributed by atoms with Gasteiger partial charge in [0, 0.05) is 11.5 Å². The third kappa shape index (κ3) is 2.46.